The predicted molar refractivity (Wildman–Crippen MR) is 217 cm³/mol. The van der Waals surface area contributed by atoms with Gasteiger partial charge in [0, 0.05) is 31.3 Å². The largest absolute Gasteiger partial charge is 0.324 e. The van der Waals surface area contributed by atoms with E-state index in [9.17, 15) is 0 Å². The molecule has 1 N–H and O–H groups in total. The summed E-state index contributed by atoms with van der Waals surface area (Å²) >= 11 is 1.83. The number of thiophene rings is 1. The molecule has 0 saturated carbocycles. The summed E-state index contributed by atoms with van der Waals surface area (Å²) in [6.45, 7) is 0. The summed E-state index contributed by atoms with van der Waals surface area (Å²) in [5.41, 5.74) is 10.7. The fourth-order valence-electron chi connectivity index (χ4n) is 9.38. The number of nitrogens with one attached hydrogen (secondary N) is 1. The van der Waals surface area contributed by atoms with Crippen molar-refractivity contribution in [1.29, 1.82) is 0 Å². The summed E-state index contributed by atoms with van der Waals surface area (Å²) in [5.74, 6) is 1.67. The van der Waals surface area contributed by atoms with Crippen LogP contribution < -0.4 is 5.32 Å². The second-order valence-electron chi connectivity index (χ2n) is 14.1. The van der Waals surface area contributed by atoms with Gasteiger partial charge in [-0.1, -0.05) is 146 Å². The minimum Gasteiger partial charge on any atom is -0.324 e. The molecule has 9 aromatic rings. The van der Waals surface area contributed by atoms with Crippen molar-refractivity contribution >= 4 is 64.7 Å². The standard InChI is InChI=1S/C48H29N3S/c1-2-11-30(12-3-1)45-49-46(51-47(50-45)36-18-10-17-35-34-16-5-7-22-41(34)52-44(35)36)31-25-26-33-32-15-4-6-19-37(32)48(40(33)27-31)38-20-8-13-28-23-24-29-14-9-21-39(48)43(29)42(28)38/h1-27,46H,(H,49,50,51). The molecule has 52 heavy (non-hydrogen) atoms. The van der Waals surface area contributed by atoms with E-state index in [1.807, 2.05) is 11.3 Å². The van der Waals surface area contributed by atoms with E-state index in [1.165, 1.54) is 75.1 Å². The van der Waals surface area contributed by atoms with E-state index < -0.39 is 11.6 Å². The molecular weight excluding hydrogens is 651 g/mol. The summed E-state index contributed by atoms with van der Waals surface area (Å²) in [5, 5.41) is 11.5. The molecule has 1 unspecified atom stereocenters. The van der Waals surface area contributed by atoms with E-state index >= 15 is 0 Å². The Balaban J connectivity index is 1.11. The highest BCUT2D eigenvalue weighted by atomic mass is 32.1. The van der Waals surface area contributed by atoms with Gasteiger partial charge >= 0.3 is 0 Å². The zero-order chi connectivity index (χ0) is 34.0. The number of hydrogen-bond acceptors (Lipinski definition) is 4. The molecule has 0 fully saturated rings. The van der Waals surface area contributed by atoms with Gasteiger partial charge < -0.3 is 5.32 Å². The molecule has 1 atom stereocenters. The van der Waals surface area contributed by atoms with Crippen molar-refractivity contribution in [2.24, 2.45) is 9.98 Å². The molecule has 1 aromatic heterocycles. The molecular formula is C48H29N3S. The number of benzene rings is 8. The fraction of sp³-hybridized carbons (Fsp3) is 0.0417. The van der Waals surface area contributed by atoms with Crippen LogP contribution in [0.2, 0.25) is 0 Å². The van der Waals surface area contributed by atoms with Crippen molar-refractivity contribution in [3.63, 3.8) is 0 Å². The van der Waals surface area contributed by atoms with Crippen LogP contribution in [-0.4, -0.2) is 11.7 Å². The van der Waals surface area contributed by atoms with Gasteiger partial charge in [0.1, 0.15) is 11.7 Å². The van der Waals surface area contributed by atoms with Crippen molar-refractivity contribution in [1.82, 2.24) is 5.32 Å². The molecule has 4 heteroatoms. The third-order valence-corrected chi connectivity index (χ3v) is 12.7. The first-order chi connectivity index (χ1) is 25.8. The minimum atomic E-state index is -0.433. The molecule has 1 spiro atoms. The van der Waals surface area contributed by atoms with Gasteiger partial charge in [-0.2, -0.15) is 0 Å². The van der Waals surface area contributed by atoms with E-state index in [2.05, 4.69) is 169 Å². The van der Waals surface area contributed by atoms with Gasteiger partial charge in [-0.15, -0.1) is 11.3 Å². The Bertz CT molecular complexity index is 3000. The summed E-state index contributed by atoms with van der Waals surface area (Å²) < 4.78 is 2.51. The van der Waals surface area contributed by atoms with Gasteiger partial charge in [-0.3, -0.25) is 0 Å². The first kappa shape index (κ1) is 28.3. The first-order valence-corrected chi connectivity index (χ1v) is 18.7. The lowest BCUT2D eigenvalue weighted by Crippen LogP contribution is -2.36. The topological polar surface area (TPSA) is 36.8 Å². The molecule has 3 nitrogen and oxygen atoms in total. The molecule has 2 aliphatic carbocycles. The average Bonchev–Trinajstić information content (AvgIpc) is 3.85. The quantitative estimate of drug-likeness (QED) is 0.185. The monoisotopic (exact) mass is 679 g/mol. The van der Waals surface area contributed by atoms with E-state index in [1.54, 1.807) is 0 Å². The summed E-state index contributed by atoms with van der Waals surface area (Å²) in [6.07, 6.45) is -0.433. The molecule has 0 bridgehead atoms. The van der Waals surface area contributed by atoms with Crippen LogP contribution in [0.1, 0.15) is 45.1 Å². The number of amidine groups is 2. The Hall–Kier alpha value is -6.36. The van der Waals surface area contributed by atoms with Crippen LogP contribution in [0.4, 0.5) is 0 Å². The average molecular weight is 680 g/mol. The number of nitrogens with zero attached hydrogens (tertiary/aromatic N) is 2. The van der Waals surface area contributed by atoms with Crippen LogP contribution in [-0.2, 0) is 5.41 Å². The van der Waals surface area contributed by atoms with Crippen LogP contribution in [0, 0.1) is 0 Å². The number of rotatable bonds is 3. The Morgan fingerprint density at radius 1 is 0.481 bits per heavy atom. The third-order valence-electron chi connectivity index (χ3n) is 11.5. The lowest BCUT2D eigenvalue weighted by molar-refractivity contribution is 0.744. The van der Waals surface area contributed by atoms with Crippen LogP contribution in [0.25, 0.3) is 52.8 Å². The number of fused-ring (bicyclic) bond motifs is 10. The second-order valence-corrected chi connectivity index (χ2v) is 15.1. The zero-order valence-corrected chi connectivity index (χ0v) is 28.8. The predicted octanol–water partition coefficient (Wildman–Crippen LogP) is 11.5. The normalized spacial score (nSPS) is 16.4. The lowest BCUT2D eigenvalue weighted by atomic mass is 9.70. The van der Waals surface area contributed by atoms with Crippen LogP contribution >= 0.6 is 11.3 Å². The highest BCUT2D eigenvalue weighted by molar-refractivity contribution is 7.26. The minimum absolute atomic E-state index is 0.432. The van der Waals surface area contributed by atoms with E-state index in [0.717, 1.165) is 28.4 Å². The van der Waals surface area contributed by atoms with Gasteiger partial charge in [0.2, 0.25) is 0 Å². The molecule has 242 valence electrons. The summed E-state index contributed by atoms with van der Waals surface area (Å²) in [7, 11) is 0. The van der Waals surface area contributed by atoms with E-state index in [-0.39, 0.29) is 0 Å². The van der Waals surface area contributed by atoms with E-state index in [4.69, 9.17) is 9.98 Å². The molecule has 8 aromatic carbocycles. The SMILES string of the molecule is c1ccc(C2=NC(c3ccc4c(c3)C3(c5ccccc5-4)c4cccc5ccc6cccc3c6c45)N=C(c3cccc4c3sc3ccccc34)N2)cc1. The molecule has 1 aliphatic heterocycles. The molecule has 2 heterocycles. The lowest BCUT2D eigenvalue weighted by Gasteiger charge is -2.31. The molecule has 12 rings (SSSR count). The van der Waals surface area contributed by atoms with Crippen LogP contribution in [0.5, 0.6) is 0 Å². The van der Waals surface area contributed by atoms with Crippen molar-refractivity contribution < 1.29 is 0 Å². The maximum absolute atomic E-state index is 5.45. The van der Waals surface area contributed by atoms with E-state index in [0.29, 0.717) is 0 Å². The summed E-state index contributed by atoms with van der Waals surface area (Å²) in [6, 6.07) is 59.9. The maximum atomic E-state index is 5.45. The van der Waals surface area contributed by atoms with Gasteiger partial charge in [0.25, 0.3) is 0 Å². The van der Waals surface area contributed by atoms with Crippen LogP contribution in [0.15, 0.2) is 174 Å². The van der Waals surface area contributed by atoms with Crippen molar-refractivity contribution in [2.45, 2.75) is 11.6 Å². The van der Waals surface area contributed by atoms with Crippen molar-refractivity contribution in [3.05, 3.63) is 203 Å². The zero-order valence-electron chi connectivity index (χ0n) is 28.0. The van der Waals surface area contributed by atoms with Gasteiger partial charge in [-0.05, 0) is 78.7 Å². The highest BCUT2D eigenvalue weighted by Crippen LogP contribution is 2.62. The Labute approximate surface area is 304 Å². The maximum Gasteiger partial charge on any atom is 0.169 e. The van der Waals surface area contributed by atoms with Gasteiger partial charge in [-0.25, -0.2) is 9.98 Å². The second kappa shape index (κ2) is 10.3. The van der Waals surface area contributed by atoms with Gasteiger partial charge in [0.05, 0.1) is 5.41 Å². The smallest absolute Gasteiger partial charge is 0.169 e. The Morgan fingerprint density at radius 3 is 1.94 bits per heavy atom. The number of hydrogen-bond donors (Lipinski definition) is 1. The number of aliphatic imine (C=N–C) groups is 2. The molecule has 0 saturated heterocycles. The van der Waals surface area contributed by atoms with Crippen molar-refractivity contribution in [3.8, 4) is 11.1 Å². The third kappa shape index (κ3) is 3.64. The summed E-state index contributed by atoms with van der Waals surface area (Å²) in [4.78, 5) is 10.8. The Kier molecular flexibility index (Phi) is 5.64. The van der Waals surface area contributed by atoms with Crippen LogP contribution in [0.3, 0.4) is 0 Å². The fourth-order valence-corrected chi connectivity index (χ4v) is 10.6. The van der Waals surface area contributed by atoms with Crippen molar-refractivity contribution in [2.75, 3.05) is 0 Å². The molecule has 3 aliphatic rings. The molecule has 0 radical (unpaired) electrons. The van der Waals surface area contributed by atoms with Gasteiger partial charge in [0.15, 0.2) is 6.17 Å². The highest BCUT2D eigenvalue weighted by Gasteiger charge is 2.50. The first-order valence-electron chi connectivity index (χ1n) is 17.9. The Morgan fingerprint density at radius 2 is 1.12 bits per heavy atom. The molecule has 0 amide bonds.